The zero-order valence-electron chi connectivity index (χ0n) is 11.3. The van der Waals surface area contributed by atoms with Crippen LogP contribution in [0.1, 0.15) is 23.7 Å². The van der Waals surface area contributed by atoms with Gasteiger partial charge in [-0.2, -0.15) is 0 Å². The summed E-state index contributed by atoms with van der Waals surface area (Å²) < 4.78 is 0.719. The van der Waals surface area contributed by atoms with Crippen LogP contribution < -0.4 is 10.6 Å². The number of urea groups is 1. The summed E-state index contributed by atoms with van der Waals surface area (Å²) in [5, 5.41) is 13.8. The number of halogens is 1. The van der Waals surface area contributed by atoms with Gasteiger partial charge in [0.2, 0.25) is 5.91 Å². The fourth-order valence-electron chi connectivity index (χ4n) is 1.38. The molecule has 0 atom stereocenters. The Morgan fingerprint density at radius 1 is 1.33 bits per heavy atom. The van der Waals surface area contributed by atoms with Crippen LogP contribution in [-0.2, 0) is 4.79 Å². The lowest BCUT2D eigenvalue weighted by atomic mass is 10.2. The molecule has 3 N–H and O–H groups in total. The molecule has 0 spiro atoms. The van der Waals surface area contributed by atoms with E-state index < -0.39 is 17.9 Å². The number of carboxylic acids is 1. The number of nitrogens with one attached hydrogen (secondary N) is 2. The highest BCUT2D eigenvalue weighted by Crippen LogP contribution is 2.26. The van der Waals surface area contributed by atoms with Crippen LogP contribution in [0, 0.1) is 0 Å². The number of aromatic carboxylic acids is 1. The summed E-state index contributed by atoms with van der Waals surface area (Å²) in [7, 11) is 0. The Bertz CT molecular complexity index is 551. The van der Waals surface area contributed by atoms with Gasteiger partial charge in [0, 0.05) is 15.9 Å². The molecule has 0 fully saturated rings. The maximum absolute atomic E-state index is 11.6. The van der Waals surface area contributed by atoms with Gasteiger partial charge in [-0.15, -0.1) is 11.8 Å². The summed E-state index contributed by atoms with van der Waals surface area (Å²) in [5.41, 5.74) is 0.117. The molecule has 6 nitrogen and oxygen atoms in total. The van der Waals surface area contributed by atoms with E-state index in [0.29, 0.717) is 11.4 Å². The molecule has 0 aliphatic heterocycles. The lowest BCUT2D eigenvalue weighted by Crippen LogP contribution is -2.40. The molecule has 21 heavy (non-hydrogen) atoms. The highest BCUT2D eigenvalue weighted by molar-refractivity contribution is 9.10. The van der Waals surface area contributed by atoms with E-state index in [1.807, 2.05) is 6.92 Å². The highest BCUT2D eigenvalue weighted by Gasteiger charge is 2.13. The third kappa shape index (κ3) is 6.17. The van der Waals surface area contributed by atoms with Crippen molar-refractivity contribution in [1.82, 2.24) is 10.6 Å². The van der Waals surface area contributed by atoms with Gasteiger partial charge in [-0.3, -0.25) is 10.1 Å². The molecule has 0 heterocycles. The molecule has 3 amide bonds. The van der Waals surface area contributed by atoms with E-state index in [2.05, 4.69) is 26.6 Å². The van der Waals surface area contributed by atoms with Crippen LogP contribution in [0.25, 0.3) is 0 Å². The van der Waals surface area contributed by atoms with Gasteiger partial charge in [-0.05, 0) is 24.6 Å². The molecule has 114 valence electrons. The van der Waals surface area contributed by atoms with Crippen LogP contribution >= 0.6 is 27.7 Å². The van der Waals surface area contributed by atoms with Gasteiger partial charge >= 0.3 is 12.0 Å². The van der Waals surface area contributed by atoms with Crippen molar-refractivity contribution >= 4 is 45.6 Å². The first-order valence-corrected chi connectivity index (χ1v) is 7.95. The number of hydrogen-bond acceptors (Lipinski definition) is 4. The Labute approximate surface area is 134 Å². The number of benzene rings is 1. The number of carbonyl (C=O) groups is 3. The number of carboxylic acid groups (broad SMARTS) is 1. The summed E-state index contributed by atoms with van der Waals surface area (Å²) in [6, 6.07) is 4.15. The highest BCUT2D eigenvalue weighted by atomic mass is 79.9. The molecule has 0 radical (unpaired) electrons. The first kappa shape index (κ1) is 17.5. The fourth-order valence-corrected chi connectivity index (χ4v) is 2.77. The van der Waals surface area contributed by atoms with Crippen LogP contribution in [0.5, 0.6) is 0 Å². The smallest absolute Gasteiger partial charge is 0.336 e. The van der Waals surface area contributed by atoms with Crippen molar-refractivity contribution in [2.45, 2.75) is 18.2 Å². The van der Waals surface area contributed by atoms with Crippen LogP contribution in [0.15, 0.2) is 27.6 Å². The fraction of sp³-hybridized carbons (Fsp3) is 0.308. The van der Waals surface area contributed by atoms with Crippen molar-refractivity contribution in [1.29, 1.82) is 0 Å². The minimum Gasteiger partial charge on any atom is -0.478 e. The van der Waals surface area contributed by atoms with E-state index in [4.69, 9.17) is 5.11 Å². The van der Waals surface area contributed by atoms with E-state index in [9.17, 15) is 14.4 Å². The average Bonchev–Trinajstić information content (AvgIpc) is 2.42. The summed E-state index contributed by atoms with van der Waals surface area (Å²) >= 11 is 4.31. The van der Waals surface area contributed by atoms with Crippen molar-refractivity contribution in [3.63, 3.8) is 0 Å². The minimum atomic E-state index is -1.06. The van der Waals surface area contributed by atoms with Crippen LogP contribution in [0.2, 0.25) is 0 Å². The number of hydrogen-bond donors (Lipinski definition) is 3. The van der Waals surface area contributed by atoms with Crippen molar-refractivity contribution < 1.29 is 19.5 Å². The predicted octanol–water partition coefficient (Wildman–Crippen LogP) is 2.48. The maximum Gasteiger partial charge on any atom is 0.336 e. The monoisotopic (exact) mass is 374 g/mol. The Balaban J connectivity index is 2.59. The van der Waals surface area contributed by atoms with E-state index >= 15 is 0 Å². The van der Waals surface area contributed by atoms with Gasteiger partial charge in [0.25, 0.3) is 0 Å². The van der Waals surface area contributed by atoms with E-state index in [1.165, 1.54) is 6.07 Å². The molecule has 1 aromatic rings. The first-order valence-electron chi connectivity index (χ1n) is 6.17. The average molecular weight is 375 g/mol. The van der Waals surface area contributed by atoms with Gasteiger partial charge in [-0.1, -0.05) is 22.9 Å². The SMILES string of the molecule is CCCNC(=O)NC(=O)CSc1cc(Br)ccc1C(=O)O. The zero-order chi connectivity index (χ0) is 15.8. The standard InChI is InChI=1S/C13H15BrN2O4S/c1-2-5-15-13(20)16-11(17)7-21-10-6-8(14)3-4-9(10)12(18)19/h3-4,6H,2,5,7H2,1H3,(H,18,19)(H2,15,16,17,20). The lowest BCUT2D eigenvalue weighted by molar-refractivity contribution is -0.117. The van der Waals surface area contributed by atoms with Gasteiger partial charge in [0.05, 0.1) is 11.3 Å². The molecule has 0 aliphatic rings. The second-order valence-corrected chi connectivity index (χ2v) is 5.97. The van der Waals surface area contributed by atoms with Crippen LogP contribution in [0.3, 0.4) is 0 Å². The largest absolute Gasteiger partial charge is 0.478 e. The molecule has 0 saturated carbocycles. The van der Waals surface area contributed by atoms with Crippen LogP contribution in [0.4, 0.5) is 4.79 Å². The molecular weight excluding hydrogens is 360 g/mol. The van der Waals surface area contributed by atoms with Crippen molar-refractivity contribution in [2.24, 2.45) is 0 Å². The molecular formula is C13H15BrN2O4S. The van der Waals surface area contributed by atoms with Crippen LogP contribution in [-0.4, -0.2) is 35.3 Å². The number of imide groups is 1. The Morgan fingerprint density at radius 2 is 2.05 bits per heavy atom. The van der Waals surface area contributed by atoms with E-state index in [1.54, 1.807) is 12.1 Å². The second-order valence-electron chi connectivity index (χ2n) is 4.04. The quantitative estimate of drug-likeness (QED) is 0.664. The van der Waals surface area contributed by atoms with Gasteiger partial charge in [-0.25, -0.2) is 9.59 Å². The molecule has 0 saturated heterocycles. The lowest BCUT2D eigenvalue weighted by Gasteiger charge is -2.07. The number of rotatable bonds is 6. The summed E-state index contributed by atoms with van der Waals surface area (Å²) in [6.45, 7) is 2.39. The Kier molecular flexibility index (Phi) is 7.24. The molecule has 0 unspecified atom stereocenters. The molecule has 0 bridgehead atoms. The van der Waals surface area contributed by atoms with Gasteiger partial charge in [0.15, 0.2) is 0 Å². The molecule has 1 aromatic carbocycles. The number of carbonyl (C=O) groups excluding carboxylic acids is 2. The summed E-state index contributed by atoms with van der Waals surface area (Å²) in [5.74, 6) is -1.59. The molecule has 0 aliphatic carbocycles. The Hall–Kier alpha value is -1.54. The first-order chi connectivity index (χ1) is 9.93. The Morgan fingerprint density at radius 3 is 2.67 bits per heavy atom. The molecule has 8 heteroatoms. The number of thioether (sulfide) groups is 1. The minimum absolute atomic E-state index is 0.0454. The zero-order valence-corrected chi connectivity index (χ0v) is 13.7. The number of amides is 3. The summed E-state index contributed by atoms with van der Waals surface area (Å²) in [6.07, 6.45) is 0.774. The predicted molar refractivity (Wildman–Crippen MR) is 83.7 cm³/mol. The third-order valence-electron chi connectivity index (χ3n) is 2.32. The summed E-state index contributed by atoms with van der Waals surface area (Å²) in [4.78, 5) is 34.4. The normalized spacial score (nSPS) is 10.0. The van der Waals surface area contributed by atoms with Gasteiger partial charge in [0.1, 0.15) is 0 Å². The van der Waals surface area contributed by atoms with E-state index in [-0.39, 0.29) is 11.3 Å². The van der Waals surface area contributed by atoms with Crippen molar-refractivity contribution in [3.05, 3.63) is 28.2 Å². The topological polar surface area (TPSA) is 95.5 Å². The maximum atomic E-state index is 11.6. The third-order valence-corrected chi connectivity index (χ3v) is 3.87. The van der Waals surface area contributed by atoms with Crippen molar-refractivity contribution in [3.8, 4) is 0 Å². The van der Waals surface area contributed by atoms with Gasteiger partial charge < -0.3 is 10.4 Å². The van der Waals surface area contributed by atoms with E-state index in [0.717, 1.165) is 22.7 Å². The second kappa shape index (κ2) is 8.68. The van der Waals surface area contributed by atoms with Crippen molar-refractivity contribution in [2.75, 3.05) is 12.3 Å². The molecule has 1 rings (SSSR count). The molecule has 0 aromatic heterocycles.